The molecule has 0 atom stereocenters. The van der Waals surface area contributed by atoms with E-state index in [0.717, 1.165) is 24.9 Å². The van der Waals surface area contributed by atoms with Crippen LogP contribution in [0.1, 0.15) is 25.3 Å². The lowest BCUT2D eigenvalue weighted by atomic mass is 10.3. The van der Waals surface area contributed by atoms with Gasteiger partial charge in [-0.3, -0.25) is 0 Å². The zero-order chi connectivity index (χ0) is 10.4. The largest absolute Gasteiger partial charge is 0.495 e. The van der Waals surface area contributed by atoms with E-state index in [9.17, 15) is 4.79 Å². The first-order valence-corrected chi connectivity index (χ1v) is 5.00. The Morgan fingerprint density at radius 3 is 2.64 bits per heavy atom. The second kappa shape index (κ2) is 5.37. The molecule has 0 spiro atoms. The Morgan fingerprint density at radius 2 is 2.07 bits per heavy atom. The van der Waals surface area contributed by atoms with Gasteiger partial charge in [0.15, 0.2) is 0 Å². The molecule has 1 aromatic heterocycles. The van der Waals surface area contributed by atoms with Gasteiger partial charge in [-0.1, -0.05) is 13.3 Å². The van der Waals surface area contributed by atoms with Gasteiger partial charge in [0.2, 0.25) is 0 Å². The van der Waals surface area contributed by atoms with Crippen molar-refractivity contribution in [1.82, 2.24) is 5.32 Å². The summed E-state index contributed by atoms with van der Waals surface area (Å²) in [6.07, 6.45) is 5.67. The van der Waals surface area contributed by atoms with Crippen LogP contribution in [0.5, 0.6) is 0 Å². The lowest BCUT2D eigenvalue weighted by molar-refractivity contribution is -0.572. The highest BCUT2D eigenvalue weighted by Crippen LogP contribution is 1.89. The van der Waals surface area contributed by atoms with Crippen molar-refractivity contribution in [2.75, 3.05) is 6.54 Å². The molecule has 0 saturated heterocycles. The molecule has 0 aromatic carbocycles. The van der Waals surface area contributed by atoms with Crippen molar-refractivity contribution in [2.24, 2.45) is 0 Å². The highest BCUT2D eigenvalue weighted by atomic mass is 16.2. The van der Waals surface area contributed by atoms with Gasteiger partial charge in [0, 0.05) is 0 Å². The number of nitrogens with one attached hydrogen (secondary N) is 1. The first kappa shape index (κ1) is 10.7. The Bertz CT molecular complexity index is 293. The van der Waals surface area contributed by atoms with Gasteiger partial charge in [0.1, 0.15) is 0 Å². The number of rotatable bonds is 3. The van der Waals surface area contributed by atoms with Crippen LogP contribution in [0.2, 0.25) is 0 Å². The second-order valence-corrected chi connectivity index (χ2v) is 3.37. The molecule has 3 heteroatoms. The van der Waals surface area contributed by atoms with E-state index in [2.05, 4.69) is 12.2 Å². The fourth-order valence-electron chi connectivity index (χ4n) is 1.10. The summed E-state index contributed by atoms with van der Waals surface area (Å²) in [6.45, 7) is 4.85. The van der Waals surface area contributed by atoms with E-state index < -0.39 is 0 Å². The summed E-state index contributed by atoms with van der Waals surface area (Å²) in [5.41, 5.74) is 1.16. The number of hydrogen-bond acceptors (Lipinski definition) is 1. The fourth-order valence-corrected chi connectivity index (χ4v) is 1.10. The van der Waals surface area contributed by atoms with E-state index in [0.29, 0.717) is 0 Å². The summed E-state index contributed by atoms with van der Waals surface area (Å²) < 4.78 is 1.56. The molecule has 1 N–H and O–H groups in total. The number of carbonyl (C=O) groups is 1. The maximum Gasteiger partial charge on any atom is 0.495 e. The highest BCUT2D eigenvalue weighted by Gasteiger charge is 2.09. The van der Waals surface area contributed by atoms with Crippen molar-refractivity contribution in [1.29, 1.82) is 0 Å². The molecule has 1 heterocycles. The van der Waals surface area contributed by atoms with Crippen LogP contribution in [0.15, 0.2) is 24.5 Å². The molecule has 1 rings (SSSR count). The number of amides is 1. The molecule has 0 fully saturated rings. The Kier molecular flexibility index (Phi) is 4.11. The van der Waals surface area contributed by atoms with Crippen LogP contribution >= 0.6 is 0 Å². The fraction of sp³-hybridized carbons (Fsp3) is 0.455. The smallest absolute Gasteiger partial charge is 0.238 e. The Morgan fingerprint density at radius 1 is 1.43 bits per heavy atom. The normalized spacial score (nSPS) is 9.86. The van der Waals surface area contributed by atoms with E-state index in [1.807, 2.05) is 19.1 Å². The van der Waals surface area contributed by atoms with Gasteiger partial charge < -0.3 is 0 Å². The van der Waals surface area contributed by atoms with E-state index in [1.165, 1.54) is 0 Å². The summed E-state index contributed by atoms with van der Waals surface area (Å²) in [5.74, 6) is 0. The van der Waals surface area contributed by atoms with Crippen LogP contribution in [-0.2, 0) is 0 Å². The van der Waals surface area contributed by atoms with Crippen LogP contribution < -0.4 is 9.88 Å². The number of carbonyl (C=O) groups excluding carboxylic acids is 1. The van der Waals surface area contributed by atoms with Gasteiger partial charge in [-0.05, 0) is 31.0 Å². The number of nitrogens with zero attached hydrogens (tertiary/aromatic N) is 1. The topological polar surface area (TPSA) is 33.0 Å². The molecule has 14 heavy (non-hydrogen) atoms. The predicted octanol–water partition coefficient (Wildman–Crippen LogP) is 1.64. The summed E-state index contributed by atoms with van der Waals surface area (Å²) in [4.78, 5) is 11.5. The first-order chi connectivity index (χ1) is 6.74. The third-order valence-corrected chi connectivity index (χ3v) is 2.04. The molecular weight excluding hydrogens is 176 g/mol. The van der Waals surface area contributed by atoms with E-state index in [1.54, 1.807) is 17.0 Å². The van der Waals surface area contributed by atoms with Gasteiger partial charge in [0.25, 0.3) is 0 Å². The summed E-state index contributed by atoms with van der Waals surface area (Å²) >= 11 is 0. The molecule has 1 amide bonds. The number of hydrogen-bond donors (Lipinski definition) is 1. The quantitative estimate of drug-likeness (QED) is 0.574. The Balaban J connectivity index is 2.48. The second-order valence-electron chi connectivity index (χ2n) is 3.37. The van der Waals surface area contributed by atoms with E-state index >= 15 is 0 Å². The zero-order valence-electron chi connectivity index (χ0n) is 8.79. The van der Waals surface area contributed by atoms with Gasteiger partial charge >= 0.3 is 6.03 Å². The van der Waals surface area contributed by atoms with Crippen LogP contribution in [-0.4, -0.2) is 12.6 Å². The maximum atomic E-state index is 11.5. The number of aryl methyl sites for hydroxylation is 1. The minimum absolute atomic E-state index is 0.0570. The van der Waals surface area contributed by atoms with Crippen LogP contribution in [0.25, 0.3) is 0 Å². The third-order valence-electron chi connectivity index (χ3n) is 2.04. The van der Waals surface area contributed by atoms with E-state index in [-0.39, 0.29) is 6.03 Å². The molecule has 0 aliphatic rings. The molecule has 76 valence electrons. The summed E-state index contributed by atoms with van der Waals surface area (Å²) in [5, 5.41) is 2.84. The average molecular weight is 193 g/mol. The van der Waals surface area contributed by atoms with Crippen LogP contribution in [0.3, 0.4) is 0 Å². The molecule has 0 aliphatic carbocycles. The Hall–Kier alpha value is -1.38. The molecular formula is C11H17N2O+. The number of unbranched alkanes of at least 4 members (excludes halogenated alkanes) is 1. The molecule has 1 aromatic rings. The predicted molar refractivity (Wildman–Crippen MR) is 55.1 cm³/mol. The van der Waals surface area contributed by atoms with Crippen molar-refractivity contribution in [2.45, 2.75) is 26.7 Å². The highest BCUT2D eigenvalue weighted by molar-refractivity contribution is 5.63. The average Bonchev–Trinajstić information content (AvgIpc) is 2.19. The Labute approximate surface area is 84.8 Å². The van der Waals surface area contributed by atoms with Gasteiger partial charge in [-0.25, -0.2) is 5.32 Å². The molecule has 0 saturated carbocycles. The maximum absolute atomic E-state index is 11.5. The van der Waals surface area contributed by atoms with Crippen LogP contribution in [0, 0.1) is 6.92 Å². The number of pyridine rings is 1. The van der Waals surface area contributed by atoms with Gasteiger partial charge in [-0.2, -0.15) is 9.36 Å². The lowest BCUT2D eigenvalue weighted by Gasteiger charge is -1.98. The molecule has 0 aliphatic heterocycles. The summed E-state index contributed by atoms with van der Waals surface area (Å²) in [6, 6.07) is 3.78. The monoisotopic (exact) mass is 193 g/mol. The minimum Gasteiger partial charge on any atom is -0.238 e. The molecule has 3 nitrogen and oxygen atoms in total. The number of aromatic nitrogens is 1. The van der Waals surface area contributed by atoms with Crippen molar-refractivity contribution < 1.29 is 9.36 Å². The van der Waals surface area contributed by atoms with E-state index in [4.69, 9.17) is 0 Å². The molecule has 0 bridgehead atoms. The van der Waals surface area contributed by atoms with Gasteiger partial charge in [0.05, 0.1) is 18.9 Å². The van der Waals surface area contributed by atoms with Crippen LogP contribution in [0.4, 0.5) is 4.79 Å². The first-order valence-electron chi connectivity index (χ1n) is 5.00. The van der Waals surface area contributed by atoms with Crippen molar-refractivity contribution >= 4 is 6.03 Å². The van der Waals surface area contributed by atoms with Gasteiger partial charge in [-0.15, -0.1) is 0 Å². The van der Waals surface area contributed by atoms with Crippen molar-refractivity contribution in [3.63, 3.8) is 0 Å². The summed E-state index contributed by atoms with van der Waals surface area (Å²) in [7, 11) is 0. The third kappa shape index (κ3) is 3.17. The lowest BCUT2D eigenvalue weighted by Crippen LogP contribution is -2.49. The molecule has 0 unspecified atom stereocenters. The van der Waals surface area contributed by atoms with Crippen molar-refractivity contribution in [3.8, 4) is 0 Å². The zero-order valence-corrected chi connectivity index (χ0v) is 8.79. The molecule has 0 radical (unpaired) electrons. The minimum atomic E-state index is -0.0570. The standard InChI is InChI=1S/C11H16N2O/c1-3-4-7-12-11(14)13-8-5-10(2)6-9-13/h5-6,8-9H,3-4,7H2,1-2H3/p+1. The van der Waals surface area contributed by atoms with Crippen molar-refractivity contribution in [3.05, 3.63) is 30.1 Å². The SMILES string of the molecule is CCCCNC(=O)[n+]1ccc(C)cc1.